The third kappa shape index (κ3) is 5.20. The van der Waals surface area contributed by atoms with Gasteiger partial charge in [0.15, 0.2) is 0 Å². The van der Waals surface area contributed by atoms with Crippen molar-refractivity contribution in [3.05, 3.63) is 58.6 Å². The largest absolute Gasteiger partial charge is 0.487 e. The van der Waals surface area contributed by atoms with Crippen LogP contribution >= 0.6 is 15.9 Å². The fraction of sp³-hybridized carbons (Fsp3) is 0.118. The zero-order valence-corrected chi connectivity index (χ0v) is 14.1. The summed E-state index contributed by atoms with van der Waals surface area (Å²) in [5.74, 6) is -2.29. The standard InChI is InChI=1S/C17H14BrNO5/c18-12-6-7-13(19-14(17(22)23)9-16(20)21)15(8-12)24-10-11-4-2-1-3-5-11/h1-8H,9-10H2,(H,20,21)(H,22,23). The summed E-state index contributed by atoms with van der Waals surface area (Å²) in [7, 11) is 0. The topological polar surface area (TPSA) is 96.2 Å². The van der Waals surface area contributed by atoms with Crippen LogP contribution in [0.4, 0.5) is 5.69 Å². The number of carboxylic acid groups (broad SMARTS) is 2. The molecule has 0 aromatic heterocycles. The molecule has 2 aromatic rings. The molecule has 0 radical (unpaired) electrons. The van der Waals surface area contributed by atoms with E-state index in [9.17, 15) is 9.59 Å². The second kappa shape index (κ2) is 8.26. The summed E-state index contributed by atoms with van der Waals surface area (Å²) in [4.78, 5) is 25.9. The molecule has 0 unspecified atom stereocenters. The van der Waals surface area contributed by atoms with Crippen molar-refractivity contribution < 1.29 is 24.5 Å². The second-order valence-electron chi connectivity index (χ2n) is 4.82. The van der Waals surface area contributed by atoms with Gasteiger partial charge in [0.25, 0.3) is 0 Å². The van der Waals surface area contributed by atoms with Crippen LogP contribution in [0.3, 0.4) is 0 Å². The molecule has 0 spiro atoms. The van der Waals surface area contributed by atoms with Crippen LogP contribution in [0.15, 0.2) is 58.0 Å². The average molecular weight is 392 g/mol. The predicted octanol–water partition coefficient (Wildman–Crippen LogP) is 3.66. The summed E-state index contributed by atoms with van der Waals surface area (Å²) in [6, 6.07) is 14.3. The van der Waals surface area contributed by atoms with Crippen molar-refractivity contribution in [2.75, 3.05) is 0 Å². The van der Waals surface area contributed by atoms with Crippen LogP contribution in [0, 0.1) is 0 Å². The quantitative estimate of drug-likeness (QED) is 0.701. The Balaban J connectivity index is 2.29. The SMILES string of the molecule is O=C(O)CC(=Nc1ccc(Br)cc1OCc1ccccc1)C(=O)O. The molecule has 0 saturated heterocycles. The highest BCUT2D eigenvalue weighted by molar-refractivity contribution is 9.10. The molecule has 0 aliphatic carbocycles. The molecule has 0 aliphatic rings. The molecule has 0 aliphatic heterocycles. The third-order valence-corrected chi connectivity index (χ3v) is 3.47. The van der Waals surface area contributed by atoms with Gasteiger partial charge in [0.05, 0.1) is 6.42 Å². The van der Waals surface area contributed by atoms with Crippen LogP contribution in [-0.2, 0) is 16.2 Å². The number of rotatable bonds is 7. The van der Waals surface area contributed by atoms with E-state index in [0.29, 0.717) is 5.75 Å². The van der Waals surface area contributed by atoms with Crippen LogP contribution in [0.25, 0.3) is 0 Å². The van der Waals surface area contributed by atoms with Crippen molar-refractivity contribution in [2.45, 2.75) is 13.0 Å². The molecular formula is C17H14BrNO5. The Morgan fingerprint density at radius 2 is 1.79 bits per heavy atom. The Kier molecular flexibility index (Phi) is 6.08. The smallest absolute Gasteiger partial charge is 0.350 e. The van der Waals surface area contributed by atoms with Crippen molar-refractivity contribution in [1.29, 1.82) is 0 Å². The van der Waals surface area contributed by atoms with E-state index in [4.69, 9.17) is 14.9 Å². The molecule has 0 amide bonds. The van der Waals surface area contributed by atoms with Gasteiger partial charge in [0.2, 0.25) is 0 Å². The van der Waals surface area contributed by atoms with E-state index >= 15 is 0 Å². The van der Waals surface area contributed by atoms with E-state index in [1.807, 2.05) is 30.3 Å². The lowest BCUT2D eigenvalue weighted by Crippen LogP contribution is -2.17. The first-order chi connectivity index (χ1) is 11.5. The maximum Gasteiger partial charge on any atom is 0.350 e. The van der Waals surface area contributed by atoms with Crippen molar-refractivity contribution >= 4 is 39.3 Å². The normalized spacial score (nSPS) is 11.1. The van der Waals surface area contributed by atoms with E-state index in [-0.39, 0.29) is 12.3 Å². The Morgan fingerprint density at radius 1 is 1.08 bits per heavy atom. The Morgan fingerprint density at radius 3 is 2.42 bits per heavy atom. The van der Waals surface area contributed by atoms with Gasteiger partial charge in [-0.25, -0.2) is 9.79 Å². The van der Waals surface area contributed by atoms with Crippen molar-refractivity contribution in [3.63, 3.8) is 0 Å². The Hall–Kier alpha value is -2.67. The van der Waals surface area contributed by atoms with Crippen molar-refractivity contribution in [1.82, 2.24) is 0 Å². The van der Waals surface area contributed by atoms with E-state index in [2.05, 4.69) is 20.9 Å². The van der Waals surface area contributed by atoms with Gasteiger partial charge in [-0.1, -0.05) is 46.3 Å². The molecule has 124 valence electrons. The lowest BCUT2D eigenvalue weighted by atomic mass is 10.2. The number of aliphatic carboxylic acids is 2. The highest BCUT2D eigenvalue weighted by atomic mass is 79.9. The molecule has 0 fully saturated rings. The van der Waals surface area contributed by atoms with Gasteiger partial charge in [-0.3, -0.25) is 4.79 Å². The monoisotopic (exact) mass is 391 g/mol. The maximum absolute atomic E-state index is 11.2. The van der Waals surface area contributed by atoms with Crippen LogP contribution in [0.1, 0.15) is 12.0 Å². The van der Waals surface area contributed by atoms with Crippen LogP contribution in [-0.4, -0.2) is 27.9 Å². The first-order valence-electron chi connectivity index (χ1n) is 6.94. The van der Waals surface area contributed by atoms with Gasteiger partial charge >= 0.3 is 11.9 Å². The number of aliphatic imine (C=N–C) groups is 1. The van der Waals surface area contributed by atoms with Gasteiger partial charge in [-0.05, 0) is 23.8 Å². The van der Waals surface area contributed by atoms with Gasteiger partial charge in [-0.2, -0.15) is 0 Å². The molecule has 6 nitrogen and oxygen atoms in total. The molecule has 24 heavy (non-hydrogen) atoms. The Bertz CT molecular complexity index is 774. The predicted molar refractivity (Wildman–Crippen MR) is 91.9 cm³/mol. The Labute approximate surface area is 146 Å². The minimum absolute atomic E-state index is 0.257. The average Bonchev–Trinajstić information content (AvgIpc) is 2.54. The first-order valence-corrected chi connectivity index (χ1v) is 7.74. The number of carbonyl (C=O) groups is 2. The first kappa shape index (κ1) is 17.7. The molecule has 2 N–H and O–H groups in total. The summed E-state index contributed by atoms with van der Waals surface area (Å²) >= 11 is 3.32. The minimum atomic E-state index is -1.38. The molecule has 7 heteroatoms. The highest BCUT2D eigenvalue weighted by Gasteiger charge is 2.15. The van der Waals surface area contributed by atoms with E-state index in [1.165, 1.54) is 0 Å². The zero-order chi connectivity index (χ0) is 17.5. The molecule has 2 rings (SSSR count). The molecule has 0 saturated carbocycles. The number of halogens is 1. The van der Waals surface area contributed by atoms with Crippen LogP contribution in [0.2, 0.25) is 0 Å². The highest BCUT2D eigenvalue weighted by Crippen LogP contribution is 2.32. The summed E-state index contributed by atoms with van der Waals surface area (Å²) in [5.41, 5.74) is 0.735. The fourth-order valence-electron chi connectivity index (χ4n) is 1.88. The molecule has 2 aromatic carbocycles. The minimum Gasteiger partial charge on any atom is -0.487 e. The molecule has 0 bridgehead atoms. The lowest BCUT2D eigenvalue weighted by molar-refractivity contribution is -0.137. The molecule has 0 atom stereocenters. The van der Waals surface area contributed by atoms with Crippen molar-refractivity contribution in [3.8, 4) is 5.75 Å². The van der Waals surface area contributed by atoms with Crippen LogP contribution < -0.4 is 4.74 Å². The van der Waals surface area contributed by atoms with Gasteiger partial charge < -0.3 is 14.9 Å². The summed E-state index contributed by atoms with van der Waals surface area (Å²) < 4.78 is 6.45. The second-order valence-corrected chi connectivity index (χ2v) is 5.74. The fourth-order valence-corrected chi connectivity index (χ4v) is 2.22. The van der Waals surface area contributed by atoms with E-state index in [1.54, 1.807) is 18.2 Å². The van der Waals surface area contributed by atoms with Gasteiger partial charge in [-0.15, -0.1) is 0 Å². The third-order valence-electron chi connectivity index (χ3n) is 2.98. The molecular weight excluding hydrogens is 378 g/mol. The molecule has 0 heterocycles. The number of benzene rings is 2. The van der Waals surface area contributed by atoms with E-state index in [0.717, 1.165) is 10.0 Å². The number of hydrogen-bond acceptors (Lipinski definition) is 4. The maximum atomic E-state index is 11.2. The number of ether oxygens (including phenoxy) is 1. The zero-order valence-electron chi connectivity index (χ0n) is 12.5. The lowest BCUT2D eigenvalue weighted by Gasteiger charge is -2.10. The van der Waals surface area contributed by atoms with Gasteiger partial charge in [0.1, 0.15) is 23.8 Å². The number of hydrogen-bond donors (Lipinski definition) is 2. The summed E-state index contributed by atoms with van der Waals surface area (Å²) in [6.45, 7) is 0.279. The number of nitrogens with zero attached hydrogens (tertiary/aromatic N) is 1. The summed E-state index contributed by atoms with van der Waals surface area (Å²) in [5, 5.41) is 17.9. The van der Waals surface area contributed by atoms with Gasteiger partial charge in [0, 0.05) is 4.47 Å². The number of carboxylic acids is 2. The van der Waals surface area contributed by atoms with Crippen LogP contribution in [0.5, 0.6) is 5.75 Å². The summed E-state index contributed by atoms with van der Waals surface area (Å²) in [6.07, 6.45) is -0.677. The van der Waals surface area contributed by atoms with E-state index < -0.39 is 24.1 Å². The van der Waals surface area contributed by atoms with Crippen molar-refractivity contribution in [2.24, 2.45) is 4.99 Å².